The zero-order valence-electron chi connectivity index (χ0n) is 18.3. The first-order valence-electron chi connectivity index (χ1n) is 11.9. The number of Topliss-reactive ketones (excluding diaryl/α,β-unsaturated/α-hetero) is 1. The van der Waals surface area contributed by atoms with E-state index in [1.54, 1.807) is 17.2 Å². The molecule has 5 heteroatoms. The Balaban J connectivity index is 1.34. The minimum Gasteiger partial charge on any atom is -0.390 e. The van der Waals surface area contributed by atoms with Crippen molar-refractivity contribution in [2.45, 2.75) is 90.2 Å². The van der Waals surface area contributed by atoms with Crippen LogP contribution in [0.15, 0.2) is 12.4 Å². The van der Waals surface area contributed by atoms with E-state index in [2.05, 4.69) is 17.1 Å². The van der Waals surface area contributed by atoms with Crippen LogP contribution in [-0.4, -0.2) is 31.5 Å². The number of carbonyl (C=O) groups excluding carboxylic acids is 1. The van der Waals surface area contributed by atoms with Crippen LogP contribution in [0.1, 0.15) is 84.6 Å². The molecule has 1 heterocycles. The van der Waals surface area contributed by atoms with Gasteiger partial charge in [0.2, 0.25) is 0 Å². The van der Waals surface area contributed by atoms with Crippen molar-refractivity contribution in [2.24, 2.45) is 40.9 Å². The molecule has 5 rings (SSSR count). The lowest BCUT2D eigenvalue weighted by molar-refractivity contribution is -0.135. The lowest BCUT2D eigenvalue weighted by Crippen LogP contribution is -2.51. The first-order chi connectivity index (χ1) is 13.8. The van der Waals surface area contributed by atoms with Gasteiger partial charge in [0.25, 0.3) is 0 Å². The molecular weight excluding hydrogens is 362 g/mol. The summed E-state index contributed by atoms with van der Waals surface area (Å²) in [5.74, 6) is 4.31. The van der Waals surface area contributed by atoms with E-state index in [-0.39, 0.29) is 17.4 Å². The van der Waals surface area contributed by atoms with Crippen molar-refractivity contribution in [3.63, 3.8) is 0 Å². The molecule has 1 aromatic heterocycles. The van der Waals surface area contributed by atoms with Crippen molar-refractivity contribution in [1.29, 1.82) is 0 Å². The topological polar surface area (TPSA) is 68.0 Å². The highest BCUT2D eigenvalue weighted by Crippen LogP contribution is 2.65. The van der Waals surface area contributed by atoms with Gasteiger partial charge in [-0.25, -0.2) is 0 Å². The molecule has 0 amide bonds. The second kappa shape index (κ2) is 6.90. The molecule has 0 bridgehead atoms. The van der Waals surface area contributed by atoms with Gasteiger partial charge >= 0.3 is 0 Å². The standard InChI is InChI=1S/C24H37N3O2/c1-15(27-25-12-13-26-27)22(28)21-7-6-20-19-5-4-16-14-23(2,29)10-8-17(16)18(19)9-11-24(20,21)3/h12-13,15-21,29H,4-11,14H2,1-3H3/t15-,16+,17+,18-,19-,20+,21-,23-,24+/m1/s1. The van der Waals surface area contributed by atoms with Gasteiger partial charge < -0.3 is 5.11 Å². The van der Waals surface area contributed by atoms with E-state index in [4.69, 9.17) is 0 Å². The fraction of sp³-hybridized carbons (Fsp3) is 0.875. The van der Waals surface area contributed by atoms with Crippen LogP contribution in [0.4, 0.5) is 0 Å². The maximum absolute atomic E-state index is 13.4. The van der Waals surface area contributed by atoms with E-state index >= 15 is 0 Å². The number of rotatable bonds is 3. The Bertz CT molecular complexity index is 760. The number of aliphatic hydroxyl groups is 1. The third kappa shape index (κ3) is 3.10. The molecule has 1 N–H and O–H groups in total. The maximum Gasteiger partial charge on any atom is 0.162 e. The molecule has 0 unspecified atom stereocenters. The first-order valence-corrected chi connectivity index (χ1v) is 11.9. The van der Waals surface area contributed by atoms with Gasteiger partial charge in [0.15, 0.2) is 5.78 Å². The Morgan fingerprint density at radius 1 is 1.00 bits per heavy atom. The van der Waals surface area contributed by atoms with E-state index in [1.165, 1.54) is 38.5 Å². The largest absolute Gasteiger partial charge is 0.390 e. The molecule has 5 nitrogen and oxygen atoms in total. The maximum atomic E-state index is 13.4. The lowest BCUT2D eigenvalue weighted by atomic mass is 9.49. The van der Waals surface area contributed by atoms with Crippen LogP contribution < -0.4 is 0 Å². The van der Waals surface area contributed by atoms with Crippen molar-refractivity contribution in [3.05, 3.63) is 12.4 Å². The third-order valence-corrected chi connectivity index (χ3v) is 9.78. The SMILES string of the molecule is C[C@H](C(=O)[C@H]1CC[C@H]2[C@@H]3CC[C@H]4C[C@](C)(O)CC[C@@H]4[C@H]3CC[C@]12C)n1nccn1. The smallest absolute Gasteiger partial charge is 0.162 e. The highest BCUT2D eigenvalue weighted by atomic mass is 16.3. The first kappa shape index (κ1) is 19.7. The van der Waals surface area contributed by atoms with Gasteiger partial charge in [0, 0.05) is 5.92 Å². The fourth-order valence-corrected chi connectivity index (χ4v) is 8.38. The van der Waals surface area contributed by atoms with Crippen LogP contribution in [0, 0.1) is 40.9 Å². The van der Waals surface area contributed by atoms with Crippen LogP contribution in [0.3, 0.4) is 0 Å². The van der Waals surface area contributed by atoms with E-state index in [0.29, 0.717) is 17.6 Å². The van der Waals surface area contributed by atoms with Gasteiger partial charge in [-0.3, -0.25) is 4.79 Å². The molecule has 0 spiro atoms. The third-order valence-electron chi connectivity index (χ3n) is 9.78. The predicted octanol–water partition coefficient (Wildman–Crippen LogP) is 4.43. The summed E-state index contributed by atoms with van der Waals surface area (Å²) in [5.41, 5.74) is -0.300. The second-order valence-corrected chi connectivity index (χ2v) is 11.3. The van der Waals surface area contributed by atoms with Gasteiger partial charge in [0.05, 0.1) is 18.0 Å². The van der Waals surface area contributed by atoms with Crippen molar-refractivity contribution in [1.82, 2.24) is 15.0 Å². The Hall–Kier alpha value is -1.23. The molecule has 0 aromatic carbocycles. The monoisotopic (exact) mass is 399 g/mol. The molecule has 0 saturated heterocycles. The van der Waals surface area contributed by atoms with Gasteiger partial charge in [-0.15, -0.1) is 0 Å². The highest BCUT2D eigenvalue weighted by molar-refractivity contribution is 5.85. The van der Waals surface area contributed by atoms with E-state index in [1.807, 2.05) is 13.8 Å². The number of carbonyl (C=O) groups is 1. The van der Waals surface area contributed by atoms with Crippen LogP contribution in [0.25, 0.3) is 0 Å². The van der Waals surface area contributed by atoms with Gasteiger partial charge in [0.1, 0.15) is 6.04 Å². The fourth-order valence-electron chi connectivity index (χ4n) is 8.38. The molecule has 4 fully saturated rings. The predicted molar refractivity (Wildman–Crippen MR) is 111 cm³/mol. The van der Waals surface area contributed by atoms with Crippen LogP contribution in [0.2, 0.25) is 0 Å². The van der Waals surface area contributed by atoms with Crippen LogP contribution in [0.5, 0.6) is 0 Å². The Labute approximate surface area is 174 Å². The summed E-state index contributed by atoms with van der Waals surface area (Å²) in [6.45, 7) is 6.42. The number of fused-ring (bicyclic) bond motifs is 5. The summed E-state index contributed by atoms with van der Waals surface area (Å²) in [7, 11) is 0. The summed E-state index contributed by atoms with van der Waals surface area (Å²) in [6.07, 6.45) is 13.8. The molecule has 1 aromatic rings. The minimum atomic E-state index is -0.446. The summed E-state index contributed by atoms with van der Waals surface area (Å²) in [6, 6.07) is -0.264. The van der Waals surface area contributed by atoms with Crippen molar-refractivity contribution < 1.29 is 9.90 Å². The molecule has 4 aliphatic carbocycles. The Kier molecular flexibility index (Phi) is 4.69. The second-order valence-electron chi connectivity index (χ2n) is 11.3. The molecule has 9 atom stereocenters. The quantitative estimate of drug-likeness (QED) is 0.816. The average molecular weight is 400 g/mol. The summed E-state index contributed by atoms with van der Waals surface area (Å²) < 4.78 is 0. The van der Waals surface area contributed by atoms with E-state index in [9.17, 15) is 9.90 Å². The van der Waals surface area contributed by atoms with E-state index in [0.717, 1.165) is 37.0 Å². The van der Waals surface area contributed by atoms with E-state index < -0.39 is 5.60 Å². The molecule has 0 aliphatic heterocycles. The number of nitrogens with zero attached hydrogens (tertiary/aromatic N) is 3. The number of ketones is 1. The minimum absolute atomic E-state index is 0.145. The molecule has 4 aliphatic rings. The van der Waals surface area contributed by atoms with Gasteiger partial charge in [-0.2, -0.15) is 15.0 Å². The molecule has 160 valence electrons. The lowest BCUT2D eigenvalue weighted by Gasteiger charge is -2.57. The summed E-state index contributed by atoms with van der Waals surface area (Å²) >= 11 is 0. The number of hydrogen-bond acceptors (Lipinski definition) is 4. The number of aromatic nitrogens is 3. The highest BCUT2D eigenvalue weighted by Gasteiger charge is 2.59. The zero-order valence-corrected chi connectivity index (χ0v) is 18.3. The molecule has 29 heavy (non-hydrogen) atoms. The average Bonchev–Trinajstić information content (AvgIpc) is 3.33. The Morgan fingerprint density at radius 2 is 1.72 bits per heavy atom. The van der Waals surface area contributed by atoms with Gasteiger partial charge in [-0.05, 0) is 107 Å². The number of hydrogen-bond donors (Lipinski definition) is 1. The zero-order chi connectivity index (χ0) is 20.4. The van der Waals surface area contributed by atoms with Crippen LogP contribution in [-0.2, 0) is 4.79 Å². The molecule has 0 radical (unpaired) electrons. The Morgan fingerprint density at radius 3 is 2.48 bits per heavy atom. The summed E-state index contributed by atoms with van der Waals surface area (Å²) in [5, 5.41) is 19.0. The molecular formula is C24H37N3O2. The normalized spacial score (nSPS) is 47.7. The van der Waals surface area contributed by atoms with Crippen molar-refractivity contribution in [2.75, 3.05) is 0 Å². The van der Waals surface area contributed by atoms with Gasteiger partial charge in [-0.1, -0.05) is 6.92 Å². The summed E-state index contributed by atoms with van der Waals surface area (Å²) in [4.78, 5) is 15.0. The van der Waals surface area contributed by atoms with Crippen LogP contribution >= 0.6 is 0 Å². The molecule has 4 saturated carbocycles. The van der Waals surface area contributed by atoms with Crippen molar-refractivity contribution in [3.8, 4) is 0 Å². The van der Waals surface area contributed by atoms with Crippen molar-refractivity contribution >= 4 is 5.78 Å².